The predicted octanol–water partition coefficient (Wildman–Crippen LogP) is 3.09. The third-order valence-electron chi connectivity index (χ3n) is 5.01. The molecule has 3 rings (SSSR count). The van der Waals surface area contributed by atoms with Crippen LogP contribution < -0.4 is 5.32 Å². The van der Waals surface area contributed by atoms with Crippen LogP contribution in [-0.2, 0) is 19.1 Å². The van der Waals surface area contributed by atoms with E-state index in [0.29, 0.717) is 12.2 Å². The molecule has 0 bridgehead atoms. The zero-order valence-corrected chi connectivity index (χ0v) is 16.1. The Hall–Kier alpha value is -3.15. The van der Waals surface area contributed by atoms with Crippen molar-refractivity contribution in [2.24, 2.45) is 5.92 Å². The molecule has 1 aliphatic rings. The van der Waals surface area contributed by atoms with Crippen LogP contribution in [0.1, 0.15) is 30.5 Å². The molecule has 0 aliphatic carbocycles. The number of amides is 2. The third kappa shape index (κ3) is 4.57. The van der Waals surface area contributed by atoms with E-state index in [4.69, 9.17) is 4.74 Å². The fourth-order valence-corrected chi connectivity index (χ4v) is 3.33. The van der Waals surface area contributed by atoms with Crippen molar-refractivity contribution in [3.8, 4) is 0 Å². The molecular formula is C22H24N2O4. The molecule has 1 fully saturated rings. The number of para-hydroxylation sites is 1. The molecule has 6 heteroatoms. The van der Waals surface area contributed by atoms with Crippen LogP contribution in [-0.4, -0.2) is 35.8 Å². The molecular weight excluding hydrogens is 356 g/mol. The van der Waals surface area contributed by atoms with Gasteiger partial charge in [0.05, 0.1) is 12.0 Å². The number of ether oxygens (including phenoxy) is 1. The monoisotopic (exact) mass is 380 g/mol. The Kier molecular flexibility index (Phi) is 6.09. The molecule has 0 radical (unpaired) electrons. The van der Waals surface area contributed by atoms with Gasteiger partial charge in [0, 0.05) is 18.7 Å². The van der Waals surface area contributed by atoms with Crippen molar-refractivity contribution in [1.82, 2.24) is 4.90 Å². The Morgan fingerprint density at radius 2 is 1.82 bits per heavy atom. The Morgan fingerprint density at radius 3 is 2.54 bits per heavy atom. The number of carbonyl (C=O) groups is 3. The van der Waals surface area contributed by atoms with E-state index in [1.807, 2.05) is 62.4 Å². The van der Waals surface area contributed by atoms with Gasteiger partial charge in [0.1, 0.15) is 0 Å². The second-order valence-corrected chi connectivity index (χ2v) is 7.00. The van der Waals surface area contributed by atoms with Crippen molar-refractivity contribution in [2.45, 2.75) is 26.3 Å². The van der Waals surface area contributed by atoms with Gasteiger partial charge in [-0.15, -0.1) is 0 Å². The molecule has 0 aromatic heterocycles. The summed E-state index contributed by atoms with van der Waals surface area (Å²) in [6.07, 6.45) is 0.107. The van der Waals surface area contributed by atoms with Crippen LogP contribution in [0, 0.1) is 12.8 Å². The number of hydrogen-bond acceptors (Lipinski definition) is 4. The second-order valence-electron chi connectivity index (χ2n) is 7.00. The number of likely N-dealkylation sites (tertiary alicyclic amines) is 1. The lowest BCUT2D eigenvalue weighted by Gasteiger charge is -2.25. The minimum absolute atomic E-state index is 0.0809. The van der Waals surface area contributed by atoms with Crippen LogP contribution in [0.25, 0.3) is 0 Å². The number of hydrogen-bond donors (Lipinski definition) is 1. The average Bonchev–Trinajstić information content (AvgIpc) is 3.10. The molecule has 6 nitrogen and oxygen atoms in total. The molecule has 1 N–H and O–H groups in total. The third-order valence-corrected chi connectivity index (χ3v) is 5.01. The Balaban J connectivity index is 1.52. The number of nitrogens with one attached hydrogen (secondary N) is 1. The van der Waals surface area contributed by atoms with Gasteiger partial charge in [0.15, 0.2) is 6.61 Å². The van der Waals surface area contributed by atoms with Crippen molar-refractivity contribution in [3.05, 3.63) is 65.7 Å². The fourth-order valence-electron chi connectivity index (χ4n) is 3.33. The highest BCUT2D eigenvalue weighted by atomic mass is 16.5. The van der Waals surface area contributed by atoms with Crippen LogP contribution in [0.4, 0.5) is 5.69 Å². The van der Waals surface area contributed by atoms with Crippen molar-refractivity contribution >= 4 is 23.5 Å². The molecule has 0 saturated carbocycles. The van der Waals surface area contributed by atoms with Gasteiger partial charge in [0.2, 0.25) is 5.91 Å². The van der Waals surface area contributed by atoms with Crippen LogP contribution in [0.15, 0.2) is 54.6 Å². The van der Waals surface area contributed by atoms with Crippen molar-refractivity contribution in [3.63, 3.8) is 0 Å². The minimum Gasteiger partial charge on any atom is -0.455 e. The highest BCUT2D eigenvalue weighted by Crippen LogP contribution is 2.29. The molecule has 28 heavy (non-hydrogen) atoms. The summed E-state index contributed by atoms with van der Waals surface area (Å²) in [5.41, 5.74) is 2.62. The van der Waals surface area contributed by atoms with Crippen molar-refractivity contribution in [2.75, 3.05) is 18.5 Å². The number of anilines is 1. The van der Waals surface area contributed by atoms with E-state index < -0.39 is 17.8 Å². The summed E-state index contributed by atoms with van der Waals surface area (Å²) in [6, 6.07) is 16.9. The van der Waals surface area contributed by atoms with Crippen molar-refractivity contribution < 1.29 is 19.1 Å². The van der Waals surface area contributed by atoms with E-state index in [9.17, 15) is 14.4 Å². The lowest BCUT2D eigenvalue weighted by Crippen LogP contribution is -2.30. The number of esters is 1. The van der Waals surface area contributed by atoms with Gasteiger partial charge in [-0.1, -0.05) is 48.5 Å². The van der Waals surface area contributed by atoms with E-state index in [1.54, 1.807) is 11.0 Å². The molecule has 2 atom stereocenters. The van der Waals surface area contributed by atoms with E-state index in [0.717, 1.165) is 11.1 Å². The maximum absolute atomic E-state index is 12.4. The molecule has 2 aromatic carbocycles. The highest BCUT2D eigenvalue weighted by Gasteiger charge is 2.38. The summed E-state index contributed by atoms with van der Waals surface area (Å²) < 4.78 is 5.15. The number of carbonyl (C=O) groups excluding carboxylic acids is 3. The summed E-state index contributed by atoms with van der Waals surface area (Å²) in [7, 11) is 0. The van der Waals surface area contributed by atoms with E-state index in [2.05, 4.69) is 5.32 Å². The van der Waals surface area contributed by atoms with Crippen molar-refractivity contribution in [1.29, 1.82) is 0 Å². The lowest BCUT2D eigenvalue weighted by molar-refractivity contribution is -0.151. The Labute approximate surface area is 164 Å². The van der Waals surface area contributed by atoms with Gasteiger partial charge in [-0.2, -0.15) is 0 Å². The van der Waals surface area contributed by atoms with Crippen LogP contribution in [0.5, 0.6) is 0 Å². The number of aryl methyl sites for hydroxylation is 1. The standard InChI is InChI=1S/C22H24N2O4/c1-15-8-6-7-11-19(15)23-20(25)14-28-22(27)18-12-21(26)24(13-18)16(2)17-9-4-3-5-10-17/h3-11,16,18H,12-14H2,1-2H3,(H,23,25)/t16-,18-/m1/s1. The van der Waals surface area contributed by atoms with Gasteiger partial charge in [-0.3, -0.25) is 14.4 Å². The van der Waals surface area contributed by atoms with E-state index >= 15 is 0 Å². The first-order chi connectivity index (χ1) is 13.5. The molecule has 0 unspecified atom stereocenters. The maximum Gasteiger partial charge on any atom is 0.311 e. The second kappa shape index (κ2) is 8.69. The summed E-state index contributed by atoms with van der Waals surface area (Å²) in [5, 5.41) is 2.72. The summed E-state index contributed by atoms with van der Waals surface area (Å²) >= 11 is 0. The highest BCUT2D eigenvalue weighted by molar-refractivity contribution is 5.94. The molecule has 2 amide bonds. The van der Waals surface area contributed by atoms with E-state index in [-0.39, 0.29) is 25.0 Å². The van der Waals surface area contributed by atoms with Gasteiger partial charge in [-0.05, 0) is 31.0 Å². The largest absolute Gasteiger partial charge is 0.455 e. The smallest absolute Gasteiger partial charge is 0.311 e. The molecule has 1 aliphatic heterocycles. The molecule has 0 spiro atoms. The Morgan fingerprint density at radius 1 is 1.14 bits per heavy atom. The molecule has 2 aromatic rings. The van der Waals surface area contributed by atoms with Gasteiger partial charge >= 0.3 is 5.97 Å². The zero-order valence-electron chi connectivity index (χ0n) is 16.1. The summed E-state index contributed by atoms with van der Waals surface area (Å²) in [4.78, 5) is 38.4. The quantitative estimate of drug-likeness (QED) is 0.782. The lowest BCUT2D eigenvalue weighted by atomic mass is 10.1. The average molecular weight is 380 g/mol. The first-order valence-corrected chi connectivity index (χ1v) is 9.32. The number of benzene rings is 2. The predicted molar refractivity (Wildman–Crippen MR) is 105 cm³/mol. The first kappa shape index (κ1) is 19.6. The zero-order chi connectivity index (χ0) is 20.1. The van der Waals surface area contributed by atoms with Gasteiger partial charge in [-0.25, -0.2) is 0 Å². The maximum atomic E-state index is 12.4. The van der Waals surface area contributed by atoms with Crippen LogP contribution >= 0.6 is 0 Å². The molecule has 1 heterocycles. The normalized spacial score (nSPS) is 17.3. The topological polar surface area (TPSA) is 75.7 Å². The molecule has 1 saturated heterocycles. The number of rotatable bonds is 6. The fraction of sp³-hybridized carbons (Fsp3) is 0.318. The van der Waals surface area contributed by atoms with Gasteiger partial charge in [0.25, 0.3) is 5.91 Å². The number of nitrogens with zero attached hydrogens (tertiary/aromatic N) is 1. The minimum atomic E-state index is -0.551. The molecule has 146 valence electrons. The SMILES string of the molecule is Cc1ccccc1NC(=O)COC(=O)[C@@H]1CC(=O)N([C@H](C)c2ccccc2)C1. The van der Waals surface area contributed by atoms with E-state index in [1.165, 1.54) is 0 Å². The summed E-state index contributed by atoms with van der Waals surface area (Å²) in [6.45, 7) is 3.75. The van der Waals surface area contributed by atoms with Gasteiger partial charge < -0.3 is 15.0 Å². The summed E-state index contributed by atoms with van der Waals surface area (Å²) in [5.74, 6) is -1.55. The Bertz CT molecular complexity index is 866. The first-order valence-electron chi connectivity index (χ1n) is 9.32. The van der Waals surface area contributed by atoms with Crippen LogP contribution in [0.3, 0.4) is 0 Å². The van der Waals surface area contributed by atoms with Crippen LogP contribution in [0.2, 0.25) is 0 Å².